The lowest BCUT2D eigenvalue weighted by molar-refractivity contribution is -0.135. The number of piperazine rings is 1. The molecule has 4 aromatic rings. The van der Waals surface area contributed by atoms with E-state index in [0.29, 0.717) is 49.7 Å². The lowest BCUT2D eigenvalue weighted by Crippen LogP contribution is -2.52. The van der Waals surface area contributed by atoms with Gasteiger partial charge in [0.15, 0.2) is 17.8 Å². The molecule has 1 atom stereocenters. The number of aliphatic carboxylic acids is 1. The van der Waals surface area contributed by atoms with Gasteiger partial charge in [-0.25, -0.2) is 19.7 Å². The van der Waals surface area contributed by atoms with Gasteiger partial charge >= 0.3 is 12.0 Å². The Morgan fingerprint density at radius 1 is 1.10 bits per heavy atom. The number of aromatic amines is 1. The van der Waals surface area contributed by atoms with Gasteiger partial charge in [0.25, 0.3) is 0 Å². The van der Waals surface area contributed by atoms with Crippen LogP contribution >= 0.6 is 0 Å². The van der Waals surface area contributed by atoms with Crippen LogP contribution in [0.5, 0.6) is 5.75 Å². The second kappa shape index (κ2) is 11.3. The standard InChI is InChI=1S/C28H30N8O5/c37-14-20-21(34-9-11-35(12-10-34)28(40)29-13-23(38)39)7-6-18-3-1-5-22(24(18)20)41-15-19-4-2-8-36(19)27-25-26(31-16-30-25)32-17-33-27/h1,3,5-7,14,16-17,19H,2,4,8-13,15H2,(H,29,40)(H,38,39)(H,30,31,32,33)/t19-/m1/s1. The molecule has 2 aromatic carbocycles. The fourth-order valence-corrected chi connectivity index (χ4v) is 5.73. The van der Waals surface area contributed by atoms with Gasteiger partial charge in [0.1, 0.15) is 30.7 Å². The summed E-state index contributed by atoms with van der Waals surface area (Å²) in [6.07, 6.45) is 5.97. The molecule has 13 heteroatoms. The van der Waals surface area contributed by atoms with E-state index in [1.807, 2.05) is 30.3 Å². The van der Waals surface area contributed by atoms with E-state index in [-0.39, 0.29) is 6.04 Å². The third-order valence-corrected chi connectivity index (χ3v) is 7.72. The predicted molar refractivity (Wildman–Crippen MR) is 152 cm³/mol. The molecule has 0 aliphatic carbocycles. The number of H-pyrrole nitrogens is 1. The van der Waals surface area contributed by atoms with Crippen LogP contribution in [0.25, 0.3) is 21.9 Å². The highest BCUT2D eigenvalue weighted by Gasteiger charge is 2.29. The van der Waals surface area contributed by atoms with Gasteiger partial charge in [-0.15, -0.1) is 0 Å². The maximum absolute atomic E-state index is 12.5. The molecule has 2 aliphatic heterocycles. The number of carboxylic acid groups (broad SMARTS) is 1. The number of urea groups is 1. The Bertz CT molecular complexity index is 1600. The maximum Gasteiger partial charge on any atom is 0.323 e. The van der Waals surface area contributed by atoms with Crippen molar-refractivity contribution in [3.05, 3.63) is 48.5 Å². The number of anilines is 2. The lowest BCUT2D eigenvalue weighted by Gasteiger charge is -2.36. The molecular formula is C28H30N8O5. The van der Waals surface area contributed by atoms with Crippen molar-refractivity contribution >= 4 is 51.7 Å². The molecule has 41 heavy (non-hydrogen) atoms. The Morgan fingerprint density at radius 2 is 1.95 bits per heavy atom. The number of carbonyl (C=O) groups is 3. The first-order valence-electron chi connectivity index (χ1n) is 13.6. The molecule has 2 saturated heterocycles. The number of fused-ring (bicyclic) bond motifs is 2. The molecular weight excluding hydrogens is 528 g/mol. The highest BCUT2D eigenvalue weighted by Crippen LogP contribution is 2.36. The first kappa shape index (κ1) is 26.3. The summed E-state index contributed by atoms with van der Waals surface area (Å²) in [4.78, 5) is 57.6. The Labute approximate surface area is 235 Å². The summed E-state index contributed by atoms with van der Waals surface area (Å²) in [5.74, 6) is 0.330. The van der Waals surface area contributed by atoms with Crippen molar-refractivity contribution in [2.24, 2.45) is 0 Å². The average Bonchev–Trinajstić information content (AvgIpc) is 3.68. The number of carboxylic acids is 1. The molecule has 0 spiro atoms. The minimum Gasteiger partial charge on any atom is -0.491 e. The van der Waals surface area contributed by atoms with Gasteiger partial charge in [0, 0.05) is 49.4 Å². The zero-order chi connectivity index (χ0) is 28.3. The Morgan fingerprint density at radius 3 is 2.76 bits per heavy atom. The van der Waals surface area contributed by atoms with Crippen LogP contribution in [-0.2, 0) is 4.79 Å². The summed E-state index contributed by atoms with van der Waals surface area (Å²) in [5, 5.41) is 12.9. The number of nitrogens with one attached hydrogen (secondary N) is 2. The molecule has 0 saturated carbocycles. The van der Waals surface area contributed by atoms with E-state index in [2.05, 4.69) is 35.1 Å². The Hall–Kier alpha value is -4.94. The Kier molecular flexibility index (Phi) is 7.23. The van der Waals surface area contributed by atoms with E-state index in [1.165, 1.54) is 6.33 Å². The highest BCUT2D eigenvalue weighted by atomic mass is 16.5. The van der Waals surface area contributed by atoms with Crippen molar-refractivity contribution in [2.75, 3.05) is 55.7 Å². The molecule has 2 fully saturated rings. The summed E-state index contributed by atoms with van der Waals surface area (Å²) < 4.78 is 6.43. The van der Waals surface area contributed by atoms with E-state index >= 15 is 0 Å². The van der Waals surface area contributed by atoms with Crippen LogP contribution in [0.1, 0.15) is 23.2 Å². The van der Waals surface area contributed by atoms with Crippen LogP contribution in [0.4, 0.5) is 16.3 Å². The second-order valence-electron chi connectivity index (χ2n) is 10.1. The number of aromatic nitrogens is 4. The SMILES string of the molecule is O=Cc1c(N2CCN(C(=O)NCC(=O)O)CC2)ccc2cccc(OC[C@H]3CCCN3c3ncnc4[nH]cnc34)c12. The molecule has 4 heterocycles. The van der Waals surface area contributed by atoms with Crippen molar-refractivity contribution < 1.29 is 24.2 Å². The zero-order valence-corrected chi connectivity index (χ0v) is 22.3. The molecule has 0 bridgehead atoms. The second-order valence-corrected chi connectivity index (χ2v) is 10.1. The zero-order valence-electron chi connectivity index (χ0n) is 22.3. The fourth-order valence-electron chi connectivity index (χ4n) is 5.73. The first-order chi connectivity index (χ1) is 20.0. The van der Waals surface area contributed by atoms with E-state index < -0.39 is 18.5 Å². The smallest absolute Gasteiger partial charge is 0.323 e. The number of benzene rings is 2. The number of aldehydes is 1. The number of hydrogen-bond acceptors (Lipinski definition) is 9. The normalized spacial score (nSPS) is 17.3. The number of hydrogen-bond donors (Lipinski definition) is 3. The van der Waals surface area contributed by atoms with E-state index in [1.54, 1.807) is 11.2 Å². The van der Waals surface area contributed by atoms with Crippen molar-refractivity contribution in [1.82, 2.24) is 30.2 Å². The number of imidazole rings is 1. The lowest BCUT2D eigenvalue weighted by atomic mass is 10.0. The van der Waals surface area contributed by atoms with Gasteiger partial charge in [0.05, 0.1) is 12.4 Å². The van der Waals surface area contributed by atoms with Gasteiger partial charge in [-0.05, 0) is 30.4 Å². The average molecular weight is 559 g/mol. The summed E-state index contributed by atoms with van der Waals surface area (Å²) >= 11 is 0. The summed E-state index contributed by atoms with van der Waals surface area (Å²) in [6, 6.07) is 9.36. The van der Waals surface area contributed by atoms with E-state index in [9.17, 15) is 14.4 Å². The molecule has 6 rings (SSSR count). The quantitative estimate of drug-likeness (QED) is 0.274. The molecule has 212 valence electrons. The van der Waals surface area contributed by atoms with Crippen LogP contribution in [0.15, 0.2) is 43.0 Å². The van der Waals surface area contributed by atoms with Gasteiger partial charge in [-0.1, -0.05) is 18.2 Å². The molecule has 2 aromatic heterocycles. The minimum absolute atomic E-state index is 0.0864. The van der Waals surface area contributed by atoms with Crippen molar-refractivity contribution in [1.29, 1.82) is 0 Å². The van der Waals surface area contributed by atoms with Gasteiger partial charge in [-0.2, -0.15) is 0 Å². The Balaban J connectivity index is 1.21. The predicted octanol–water partition coefficient (Wildman–Crippen LogP) is 2.28. The molecule has 0 unspecified atom stereocenters. The van der Waals surface area contributed by atoms with Crippen molar-refractivity contribution in [3.8, 4) is 5.75 Å². The summed E-state index contributed by atoms with van der Waals surface area (Å²) in [7, 11) is 0. The number of rotatable bonds is 8. The first-order valence-corrected chi connectivity index (χ1v) is 13.6. The highest BCUT2D eigenvalue weighted by molar-refractivity contribution is 6.06. The van der Waals surface area contributed by atoms with Crippen LogP contribution in [-0.4, -0.2) is 100 Å². The van der Waals surface area contributed by atoms with Crippen LogP contribution in [0.2, 0.25) is 0 Å². The molecule has 2 amide bonds. The molecule has 13 nitrogen and oxygen atoms in total. The summed E-state index contributed by atoms with van der Waals surface area (Å²) in [6.45, 7) is 2.66. The maximum atomic E-state index is 12.5. The number of carbonyl (C=O) groups excluding carboxylic acids is 2. The topological polar surface area (TPSA) is 157 Å². The number of ether oxygens (including phenoxy) is 1. The molecule has 3 N–H and O–H groups in total. The fraction of sp³-hybridized carbons (Fsp3) is 0.357. The van der Waals surface area contributed by atoms with Gasteiger partial charge < -0.3 is 34.8 Å². The number of nitrogens with zero attached hydrogens (tertiary/aromatic N) is 6. The largest absolute Gasteiger partial charge is 0.491 e. The van der Waals surface area contributed by atoms with Gasteiger partial charge in [0.2, 0.25) is 0 Å². The van der Waals surface area contributed by atoms with Crippen LogP contribution in [0.3, 0.4) is 0 Å². The molecule has 2 aliphatic rings. The summed E-state index contributed by atoms with van der Waals surface area (Å²) in [5.41, 5.74) is 2.75. The van der Waals surface area contributed by atoms with Crippen LogP contribution < -0.4 is 19.9 Å². The minimum atomic E-state index is -1.09. The van der Waals surface area contributed by atoms with E-state index in [0.717, 1.165) is 53.5 Å². The van der Waals surface area contributed by atoms with Gasteiger partial charge in [-0.3, -0.25) is 9.59 Å². The monoisotopic (exact) mass is 558 g/mol. The molecule has 0 radical (unpaired) electrons. The third-order valence-electron chi connectivity index (χ3n) is 7.72. The van der Waals surface area contributed by atoms with Crippen LogP contribution in [0, 0.1) is 0 Å². The number of amides is 2. The van der Waals surface area contributed by atoms with Crippen molar-refractivity contribution in [3.63, 3.8) is 0 Å². The third kappa shape index (κ3) is 5.17. The van der Waals surface area contributed by atoms with E-state index in [4.69, 9.17) is 9.84 Å². The van der Waals surface area contributed by atoms with Crippen molar-refractivity contribution in [2.45, 2.75) is 18.9 Å².